The fourth-order valence-electron chi connectivity index (χ4n) is 8.72. The first-order chi connectivity index (χ1) is 27.8. The molecule has 0 bridgehead atoms. The van der Waals surface area contributed by atoms with Gasteiger partial charge in [0, 0.05) is 38.8 Å². The number of anilines is 3. The minimum atomic E-state index is 1.09. The van der Waals surface area contributed by atoms with E-state index < -0.39 is 0 Å². The van der Waals surface area contributed by atoms with Gasteiger partial charge >= 0.3 is 0 Å². The Morgan fingerprint density at radius 2 is 0.857 bits per heavy atom. The predicted molar refractivity (Wildman–Crippen MR) is 239 cm³/mol. The molecule has 0 aliphatic carbocycles. The van der Waals surface area contributed by atoms with Crippen molar-refractivity contribution >= 4 is 71.2 Å². The van der Waals surface area contributed by atoms with Gasteiger partial charge in [0.15, 0.2) is 0 Å². The van der Waals surface area contributed by atoms with E-state index in [-0.39, 0.29) is 0 Å². The third-order valence-corrected chi connectivity index (χ3v) is 11.3. The minimum Gasteiger partial charge on any atom is -0.310 e. The normalized spacial score (nSPS) is 11.6. The summed E-state index contributed by atoms with van der Waals surface area (Å²) in [5, 5.41) is 9.94. The molecule has 1 heterocycles. The maximum absolute atomic E-state index is 2.49. The molecule has 0 saturated carbocycles. The van der Waals surface area contributed by atoms with Crippen molar-refractivity contribution in [2.75, 3.05) is 4.90 Å². The SMILES string of the molecule is c1ccc(-c2cccc(N(c3ccc(-n4c5ccccc5c5ccc6ccccc6c54)c(-c4ccccc4)c3)c3ccc4ccc5ccccc5c4c3)c2)cc1. The summed E-state index contributed by atoms with van der Waals surface area (Å²) in [5.41, 5.74) is 11.5. The smallest absolute Gasteiger partial charge is 0.0619 e. The molecule has 0 saturated heterocycles. The zero-order valence-corrected chi connectivity index (χ0v) is 30.7. The molecule has 56 heavy (non-hydrogen) atoms. The van der Waals surface area contributed by atoms with Gasteiger partial charge in [0.2, 0.25) is 0 Å². The Morgan fingerprint density at radius 1 is 0.304 bits per heavy atom. The molecule has 2 heteroatoms. The Balaban J connectivity index is 1.20. The molecule has 0 aliphatic rings. The number of aromatic nitrogens is 1. The summed E-state index contributed by atoms with van der Waals surface area (Å²) in [6.07, 6.45) is 0. The minimum absolute atomic E-state index is 1.09. The fraction of sp³-hybridized carbons (Fsp3) is 0. The fourth-order valence-corrected chi connectivity index (χ4v) is 8.72. The highest BCUT2D eigenvalue weighted by Gasteiger charge is 2.21. The van der Waals surface area contributed by atoms with Gasteiger partial charge in [-0.3, -0.25) is 0 Å². The molecule has 2 nitrogen and oxygen atoms in total. The molecule has 11 aromatic rings. The van der Waals surface area contributed by atoms with Crippen LogP contribution >= 0.6 is 0 Å². The molecule has 1 aromatic heterocycles. The second-order valence-corrected chi connectivity index (χ2v) is 14.5. The average Bonchev–Trinajstić information content (AvgIpc) is 3.62. The van der Waals surface area contributed by atoms with E-state index in [0.717, 1.165) is 33.9 Å². The van der Waals surface area contributed by atoms with Gasteiger partial charge in [-0.2, -0.15) is 0 Å². The highest BCUT2D eigenvalue weighted by atomic mass is 15.1. The first-order valence-electron chi connectivity index (χ1n) is 19.3. The maximum atomic E-state index is 2.49. The van der Waals surface area contributed by atoms with Gasteiger partial charge in [0.25, 0.3) is 0 Å². The van der Waals surface area contributed by atoms with Crippen molar-refractivity contribution in [1.29, 1.82) is 0 Å². The Kier molecular flexibility index (Phi) is 7.53. The summed E-state index contributed by atoms with van der Waals surface area (Å²) < 4.78 is 2.49. The average molecular weight is 713 g/mol. The first kappa shape index (κ1) is 32.0. The van der Waals surface area contributed by atoms with Crippen LogP contribution in [0, 0.1) is 0 Å². The van der Waals surface area contributed by atoms with Crippen molar-refractivity contribution in [2.45, 2.75) is 0 Å². The van der Waals surface area contributed by atoms with Crippen LogP contribution in [-0.2, 0) is 0 Å². The maximum Gasteiger partial charge on any atom is 0.0619 e. The monoisotopic (exact) mass is 712 g/mol. The second-order valence-electron chi connectivity index (χ2n) is 14.5. The van der Waals surface area contributed by atoms with Gasteiger partial charge in [-0.05, 0) is 92.2 Å². The summed E-state index contributed by atoms with van der Waals surface area (Å²) in [7, 11) is 0. The lowest BCUT2D eigenvalue weighted by molar-refractivity contribution is 1.18. The van der Waals surface area contributed by atoms with Crippen LogP contribution in [0.3, 0.4) is 0 Å². The zero-order chi connectivity index (χ0) is 37.0. The van der Waals surface area contributed by atoms with Crippen molar-refractivity contribution in [2.24, 2.45) is 0 Å². The summed E-state index contributed by atoms with van der Waals surface area (Å²) >= 11 is 0. The largest absolute Gasteiger partial charge is 0.310 e. The lowest BCUT2D eigenvalue weighted by Crippen LogP contribution is -2.11. The number of hydrogen-bond acceptors (Lipinski definition) is 1. The molecule has 0 aliphatic heterocycles. The second kappa shape index (κ2) is 13.2. The van der Waals surface area contributed by atoms with Crippen LogP contribution in [0.2, 0.25) is 0 Å². The van der Waals surface area contributed by atoms with Gasteiger partial charge in [-0.15, -0.1) is 0 Å². The lowest BCUT2D eigenvalue weighted by atomic mass is 9.99. The van der Waals surface area contributed by atoms with Crippen molar-refractivity contribution in [1.82, 2.24) is 4.57 Å². The van der Waals surface area contributed by atoms with E-state index in [9.17, 15) is 0 Å². The molecule has 0 radical (unpaired) electrons. The molecule has 0 atom stereocenters. The molecule has 0 spiro atoms. The Bertz CT molecular complexity index is 3250. The number of hydrogen-bond donors (Lipinski definition) is 0. The van der Waals surface area contributed by atoms with E-state index in [2.05, 4.69) is 228 Å². The number of benzene rings is 10. The molecular weight excluding hydrogens is 677 g/mol. The topological polar surface area (TPSA) is 8.17 Å². The quantitative estimate of drug-likeness (QED) is 0.156. The molecule has 0 amide bonds. The predicted octanol–water partition coefficient (Wildman–Crippen LogP) is 15.0. The van der Waals surface area contributed by atoms with Crippen molar-refractivity contribution in [3.8, 4) is 27.9 Å². The van der Waals surface area contributed by atoms with Crippen LogP contribution in [0.15, 0.2) is 218 Å². The molecule has 0 N–H and O–H groups in total. The van der Waals surface area contributed by atoms with Crippen LogP contribution in [-0.4, -0.2) is 4.57 Å². The van der Waals surface area contributed by atoms with E-state index in [1.165, 1.54) is 65.3 Å². The van der Waals surface area contributed by atoms with Gasteiger partial charge < -0.3 is 9.47 Å². The Labute approximate surface area is 325 Å². The van der Waals surface area contributed by atoms with Crippen molar-refractivity contribution < 1.29 is 0 Å². The van der Waals surface area contributed by atoms with Gasteiger partial charge in [-0.1, -0.05) is 170 Å². The molecule has 10 aromatic carbocycles. The molecule has 0 unspecified atom stereocenters. The van der Waals surface area contributed by atoms with Crippen molar-refractivity contribution in [3.05, 3.63) is 218 Å². The van der Waals surface area contributed by atoms with E-state index in [0.29, 0.717) is 0 Å². The van der Waals surface area contributed by atoms with Crippen LogP contribution in [0.1, 0.15) is 0 Å². The number of nitrogens with zero attached hydrogens (tertiary/aromatic N) is 2. The summed E-state index contributed by atoms with van der Waals surface area (Å²) in [6.45, 7) is 0. The Morgan fingerprint density at radius 3 is 1.66 bits per heavy atom. The van der Waals surface area contributed by atoms with Crippen LogP contribution < -0.4 is 4.90 Å². The van der Waals surface area contributed by atoms with E-state index >= 15 is 0 Å². The van der Waals surface area contributed by atoms with Gasteiger partial charge in [-0.25, -0.2) is 0 Å². The summed E-state index contributed by atoms with van der Waals surface area (Å²) in [5.74, 6) is 0. The Hall–Kier alpha value is -7.42. The highest BCUT2D eigenvalue weighted by molar-refractivity contribution is 6.19. The summed E-state index contributed by atoms with van der Waals surface area (Å²) in [4.78, 5) is 2.42. The molecule has 11 rings (SSSR count). The number of fused-ring (bicyclic) bond motifs is 8. The molecule has 0 fully saturated rings. The van der Waals surface area contributed by atoms with E-state index in [4.69, 9.17) is 0 Å². The van der Waals surface area contributed by atoms with Crippen LogP contribution in [0.4, 0.5) is 17.1 Å². The van der Waals surface area contributed by atoms with Crippen molar-refractivity contribution in [3.63, 3.8) is 0 Å². The van der Waals surface area contributed by atoms with Gasteiger partial charge in [0.1, 0.15) is 0 Å². The molecule has 262 valence electrons. The van der Waals surface area contributed by atoms with Crippen LogP contribution in [0.5, 0.6) is 0 Å². The summed E-state index contributed by atoms with van der Waals surface area (Å²) in [6, 6.07) is 79.6. The van der Waals surface area contributed by atoms with Crippen LogP contribution in [0.25, 0.3) is 82.1 Å². The third kappa shape index (κ3) is 5.26. The number of para-hydroxylation sites is 1. The standard InChI is InChI=1S/C54H36N2/c1-3-14-37(15-4-1)42-20-13-21-43(34-42)55(44-30-28-41-27-26-39-18-7-9-22-46(39)50(41)35-44)45-31-33-53(51(36-45)38-16-5-2-6-17-38)56-52-25-12-11-24-48(52)49-32-29-40-19-8-10-23-47(40)54(49)56/h1-36H. The highest BCUT2D eigenvalue weighted by Crippen LogP contribution is 2.44. The number of rotatable bonds is 6. The van der Waals surface area contributed by atoms with E-state index in [1.54, 1.807) is 0 Å². The third-order valence-electron chi connectivity index (χ3n) is 11.3. The first-order valence-corrected chi connectivity index (χ1v) is 19.3. The van der Waals surface area contributed by atoms with E-state index in [1.807, 2.05) is 0 Å². The van der Waals surface area contributed by atoms with Gasteiger partial charge in [0.05, 0.1) is 16.7 Å². The molecular formula is C54H36N2. The lowest BCUT2D eigenvalue weighted by Gasteiger charge is -2.28. The zero-order valence-electron chi connectivity index (χ0n) is 30.7.